The minimum absolute atomic E-state index is 0.0531. The molecule has 0 unspecified atom stereocenters. The molecule has 0 atom stereocenters. The molecule has 31 heavy (non-hydrogen) atoms. The maximum atomic E-state index is 12.2. The number of hydrogen-bond acceptors (Lipinski definition) is 3. The molecule has 160 valence electrons. The van der Waals surface area contributed by atoms with Gasteiger partial charge in [0, 0.05) is 21.3 Å². The second-order valence-electron chi connectivity index (χ2n) is 7.49. The first-order chi connectivity index (χ1) is 14.9. The summed E-state index contributed by atoms with van der Waals surface area (Å²) >= 11 is 7.32. The van der Waals surface area contributed by atoms with Crippen LogP contribution in [0.2, 0.25) is 5.02 Å². The SMILES string of the molecule is CC(C)c1ccc(NC(=O)CSc2ccc(NC(=O)Cc3ccc(Cl)cc3)cc2)cc1. The summed E-state index contributed by atoms with van der Waals surface area (Å²) in [5.41, 5.74) is 3.67. The monoisotopic (exact) mass is 452 g/mol. The Balaban J connectivity index is 1.44. The fourth-order valence-electron chi connectivity index (χ4n) is 2.92. The second-order valence-corrected chi connectivity index (χ2v) is 8.97. The average molecular weight is 453 g/mol. The standard InChI is InChI=1S/C25H25ClN2O2S/c1-17(2)19-5-9-21(10-6-19)28-25(30)16-31-23-13-11-22(12-14-23)27-24(29)15-18-3-7-20(26)8-4-18/h3-14,17H,15-16H2,1-2H3,(H,27,29)(H,28,30). The van der Waals surface area contributed by atoms with Crippen molar-refractivity contribution in [1.82, 2.24) is 0 Å². The first kappa shape index (κ1) is 22.9. The van der Waals surface area contributed by atoms with E-state index >= 15 is 0 Å². The van der Waals surface area contributed by atoms with Crippen molar-refractivity contribution in [2.45, 2.75) is 31.1 Å². The predicted octanol–water partition coefficient (Wildman–Crippen LogP) is 6.38. The number of thioether (sulfide) groups is 1. The highest BCUT2D eigenvalue weighted by Crippen LogP contribution is 2.22. The van der Waals surface area contributed by atoms with E-state index in [1.807, 2.05) is 60.7 Å². The van der Waals surface area contributed by atoms with Crippen molar-refractivity contribution in [1.29, 1.82) is 0 Å². The maximum Gasteiger partial charge on any atom is 0.234 e. The number of amides is 2. The molecule has 2 N–H and O–H groups in total. The van der Waals surface area contributed by atoms with Gasteiger partial charge in [-0.1, -0.05) is 49.7 Å². The molecule has 3 aromatic carbocycles. The van der Waals surface area contributed by atoms with Gasteiger partial charge in [-0.2, -0.15) is 0 Å². The Kier molecular flexibility index (Phi) is 8.15. The van der Waals surface area contributed by atoms with E-state index in [9.17, 15) is 9.59 Å². The van der Waals surface area contributed by atoms with Gasteiger partial charge in [0.1, 0.15) is 0 Å². The Morgan fingerprint density at radius 1 is 0.806 bits per heavy atom. The first-order valence-corrected chi connectivity index (χ1v) is 11.4. The Morgan fingerprint density at radius 3 is 1.94 bits per heavy atom. The molecule has 6 heteroatoms. The molecular weight excluding hydrogens is 428 g/mol. The lowest BCUT2D eigenvalue weighted by Gasteiger charge is -2.09. The van der Waals surface area contributed by atoms with Gasteiger partial charge in [0.05, 0.1) is 12.2 Å². The van der Waals surface area contributed by atoms with E-state index in [1.165, 1.54) is 17.3 Å². The summed E-state index contributed by atoms with van der Waals surface area (Å²) in [7, 11) is 0. The van der Waals surface area contributed by atoms with Gasteiger partial charge in [-0.25, -0.2) is 0 Å². The first-order valence-electron chi connectivity index (χ1n) is 10.1. The van der Waals surface area contributed by atoms with E-state index in [2.05, 4.69) is 24.5 Å². The molecule has 0 aliphatic carbocycles. The van der Waals surface area contributed by atoms with E-state index in [0.29, 0.717) is 16.7 Å². The van der Waals surface area contributed by atoms with Crippen LogP contribution in [-0.4, -0.2) is 17.6 Å². The van der Waals surface area contributed by atoms with Crippen LogP contribution < -0.4 is 10.6 Å². The molecular formula is C25H25ClN2O2S. The van der Waals surface area contributed by atoms with Crippen molar-refractivity contribution >= 4 is 46.6 Å². The van der Waals surface area contributed by atoms with Gasteiger partial charge in [0.15, 0.2) is 0 Å². The molecule has 0 saturated heterocycles. The topological polar surface area (TPSA) is 58.2 Å². The Bertz CT molecular complexity index is 1020. The maximum absolute atomic E-state index is 12.2. The lowest BCUT2D eigenvalue weighted by molar-refractivity contribution is -0.115. The number of nitrogens with one attached hydrogen (secondary N) is 2. The lowest BCUT2D eigenvalue weighted by Crippen LogP contribution is -2.14. The van der Waals surface area contributed by atoms with Gasteiger partial charge in [-0.05, 0) is 65.6 Å². The Labute approximate surface area is 192 Å². The number of carbonyl (C=O) groups excluding carboxylic acids is 2. The molecule has 0 bridgehead atoms. The van der Waals surface area contributed by atoms with E-state index in [-0.39, 0.29) is 18.2 Å². The molecule has 0 aromatic heterocycles. The molecule has 2 amide bonds. The van der Waals surface area contributed by atoms with Crippen molar-refractivity contribution in [2.24, 2.45) is 0 Å². The molecule has 0 heterocycles. The summed E-state index contributed by atoms with van der Waals surface area (Å²) in [6.07, 6.45) is 0.284. The van der Waals surface area contributed by atoms with Crippen LogP contribution in [-0.2, 0) is 16.0 Å². The lowest BCUT2D eigenvalue weighted by atomic mass is 10.0. The summed E-state index contributed by atoms with van der Waals surface area (Å²) in [5, 5.41) is 6.45. The van der Waals surface area contributed by atoms with E-state index in [1.54, 1.807) is 12.1 Å². The normalized spacial score (nSPS) is 10.7. The highest BCUT2D eigenvalue weighted by Gasteiger charge is 2.07. The van der Waals surface area contributed by atoms with Crippen LogP contribution in [0.5, 0.6) is 0 Å². The summed E-state index contributed by atoms with van der Waals surface area (Å²) in [4.78, 5) is 25.4. The van der Waals surface area contributed by atoms with Crippen molar-refractivity contribution in [3.05, 3.63) is 88.9 Å². The number of hydrogen-bond donors (Lipinski definition) is 2. The third-order valence-electron chi connectivity index (χ3n) is 4.65. The summed E-state index contributed by atoms with van der Waals surface area (Å²) < 4.78 is 0. The smallest absolute Gasteiger partial charge is 0.234 e. The second kappa shape index (κ2) is 11.0. The predicted molar refractivity (Wildman–Crippen MR) is 130 cm³/mol. The molecule has 3 aromatic rings. The van der Waals surface area contributed by atoms with Gasteiger partial charge in [-0.3, -0.25) is 9.59 Å². The highest BCUT2D eigenvalue weighted by atomic mass is 35.5. The van der Waals surface area contributed by atoms with Gasteiger partial charge in [0.2, 0.25) is 11.8 Å². The Morgan fingerprint density at radius 2 is 1.35 bits per heavy atom. The Hall–Kier alpha value is -2.76. The zero-order chi connectivity index (χ0) is 22.2. The molecule has 0 aliphatic rings. The van der Waals surface area contributed by atoms with Gasteiger partial charge in [-0.15, -0.1) is 11.8 Å². The van der Waals surface area contributed by atoms with Crippen molar-refractivity contribution in [2.75, 3.05) is 16.4 Å². The number of benzene rings is 3. The van der Waals surface area contributed by atoms with E-state index in [4.69, 9.17) is 11.6 Å². The van der Waals surface area contributed by atoms with Gasteiger partial charge >= 0.3 is 0 Å². The number of carbonyl (C=O) groups is 2. The average Bonchev–Trinajstić information content (AvgIpc) is 2.75. The third-order valence-corrected chi connectivity index (χ3v) is 5.91. The minimum Gasteiger partial charge on any atom is -0.326 e. The number of rotatable bonds is 8. The van der Waals surface area contributed by atoms with E-state index < -0.39 is 0 Å². The van der Waals surface area contributed by atoms with Crippen LogP contribution in [0.3, 0.4) is 0 Å². The molecule has 0 aliphatic heterocycles. The van der Waals surface area contributed by atoms with Crippen molar-refractivity contribution in [3.63, 3.8) is 0 Å². The third kappa shape index (κ3) is 7.46. The van der Waals surface area contributed by atoms with Crippen LogP contribution in [0, 0.1) is 0 Å². The van der Waals surface area contributed by atoms with Crippen LogP contribution in [0.4, 0.5) is 11.4 Å². The minimum atomic E-state index is -0.0920. The zero-order valence-electron chi connectivity index (χ0n) is 17.5. The summed E-state index contributed by atoms with van der Waals surface area (Å²) in [5.74, 6) is 0.632. The summed E-state index contributed by atoms with van der Waals surface area (Å²) in [6, 6.07) is 22.6. The highest BCUT2D eigenvalue weighted by molar-refractivity contribution is 8.00. The quantitative estimate of drug-likeness (QED) is 0.390. The molecule has 3 rings (SSSR count). The van der Waals surface area contributed by atoms with Crippen LogP contribution >= 0.6 is 23.4 Å². The zero-order valence-corrected chi connectivity index (χ0v) is 19.1. The molecule has 0 radical (unpaired) electrons. The molecule has 0 spiro atoms. The molecule has 0 fully saturated rings. The van der Waals surface area contributed by atoms with Crippen molar-refractivity contribution in [3.8, 4) is 0 Å². The van der Waals surface area contributed by atoms with Crippen molar-refractivity contribution < 1.29 is 9.59 Å². The number of anilines is 2. The molecule has 4 nitrogen and oxygen atoms in total. The van der Waals surface area contributed by atoms with E-state index in [0.717, 1.165) is 21.8 Å². The van der Waals surface area contributed by atoms with Crippen LogP contribution in [0.1, 0.15) is 30.9 Å². The summed E-state index contributed by atoms with van der Waals surface area (Å²) in [6.45, 7) is 4.28. The van der Waals surface area contributed by atoms with Gasteiger partial charge < -0.3 is 10.6 Å². The molecule has 0 saturated carbocycles. The number of halogens is 1. The fraction of sp³-hybridized carbons (Fsp3) is 0.200. The van der Waals surface area contributed by atoms with Crippen LogP contribution in [0.15, 0.2) is 77.7 Å². The largest absolute Gasteiger partial charge is 0.326 e. The fourth-order valence-corrected chi connectivity index (χ4v) is 3.75. The van der Waals surface area contributed by atoms with Gasteiger partial charge in [0.25, 0.3) is 0 Å². The van der Waals surface area contributed by atoms with Crippen LogP contribution in [0.25, 0.3) is 0 Å².